The number of nitrogens with zero attached hydrogens (tertiary/aromatic N) is 3. The second-order valence-corrected chi connectivity index (χ2v) is 8.37. The van der Waals surface area contributed by atoms with E-state index in [9.17, 15) is 9.59 Å². The summed E-state index contributed by atoms with van der Waals surface area (Å²) in [5.41, 5.74) is 3.29. The molecule has 0 bridgehead atoms. The molecule has 9 heteroatoms. The largest absolute Gasteiger partial charge is 0.488 e. The van der Waals surface area contributed by atoms with Crippen LogP contribution in [0.1, 0.15) is 28.2 Å². The highest BCUT2D eigenvalue weighted by molar-refractivity contribution is 7.17. The van der Waals surface area contributed by atoms with Gasteiger partial charge in [-0.3, -0.25) is 9.59 Å². The molecule has 2 N–H and O–H groups in total. The maximum Gasteiger partial charge on any atom is 0.265 e. The molecule has 8 nitrogen and oxygen atoms in total. The van der Waals surface area contributed by atoms with Gasteiger partial charge >= 0.3 is 0 Å². The number of hydrogen-bond donors (Lipinski definition) is 2. The summed E-state index contributed by atoms with van der Waals surface area (Å²) in [5.74, 6) is 0.446. The van der Waals surface area contributed by atoms with Crippen LogP contribution in [0.15, 0.2) is 67.3 Å². The Morgan fingerprint density at radius 2 is 1.84 bits per heavy atom. The predicted molar refractivity (Wildman–Crippen MR) is 122 cm³/mol. The summed E-state index contributed by atoms with van der Waals surface area (Å²) in [6.07, 6.45) is 2.88. The number of amides is 2. The highest BCUT2D eigenvalue weighted by atomic mass is 32.1. The van der Waals surface area contributed by atoms with Crippen LogP contribution in [0.2, 0.25) is 0 Å². The van der Waals surface area contributed by atoms with E-state index in [1.165, 1.54) is 28.7 Å². The van der Waals surface area contributed by atoms with Crippen molar-refractivity contribution < 1.29 is 14.3 Å². The molecule has 0 fully saturated rings. The Hall–Kier alpha value is -3.98. The fourth-order valence-corrected chi connectivity index (χ4v) is 4.52. The molecule has 5 rings (SSSR count). The number of hydrogen-bond acceptors (Lipinski definition) is 6. The van der Waals surface area contributed by atoms with Crippen molar-refractivity contribution in [3.63, 3.8) is 0 Å². The van der Waals surface area contributed by atoms with Crippen LogP contribution in [-0.2, 0) is 11.4 Å². The normalized spacial score (nSPS) is 12.8. The summed E-state index contributed by atoms with van der Waals surface area (Å²) in [5, 5.41) is 9.73. The minimum Gasteiger partial charge on any atom is -0.488 e. The van der Waals surface area contributed by atoms with E-state index in [4.69, 9.17) is 4.74 Å². The molecule has 160 valence electrons. The summed E-state index contributed by atoms with van der Waals surface area (Å²) in [6.45, 7) is 2.19. The lowest BCUT2D eigenvalue weighted by molar-refractivity contribution is -0.119. The van der Waals surface area contributed by atoms with Gasteiger partial charge in [-0.1, -0.05) is 12.1 Å². The molecule has 2 aromatic carbocycles. The number of thiophene rings is 1. The SMILES string of the molecule is CC(C(=O)Nc1ccc(NC(=O)c2cc3c(s2)-c2ccccc2OC3)cc1)n1cncn1. The van der Waals surface area contributed by atoms with Crippen LogP contribution in [0.3, 0.4) is 0 Å². The maximum absolute atomic E-state index is 12.8. The van der Waals surface area contributed by atoms with Crippen LogP contribution in [0, 0.1) is 0 Å². The molecule has 1 atom stereocenters. The average molecular weight is 446 g/mol. The molecule has 0 saturated carbocycles. The van der Waals surface area contributed by atoms with Crippen LogP contribution in [-0.4, -0.2) is 26.6 Å². The lowest BCUT2D eigenvalue weighted by atomic mass is 10.1. The zero-order valence-electron chi connectivity index (χ0n) is 17.1. The zero-order chi connectivity index (χ0) is 22.1. The minimum atomic E-state index is -0.490. The van der Waals surface area contributed by atoms with Gasteiger partial charge in [-0.15, -0.1) is 11.3 Å². The molecular formula is C23H19N5O3S. The number of anilines is 2. The van der Waals surface area contributed by atoms with Crippen LogP contribution in [0.5, 0.6) is 5.75 Å². The molecule has 1 aliphatic rings. The highest BCUT2D eigenvalue weighted by Crippen LogP contribution is 2.42. The van der Waals surface area contributed by atoms with Crippen molar-refractivity contribution in [1.82, 2.24) is 14.8 Å². The van der Waals surface area contributed by atoms with Gasteiger partial charge in [-0.25, -0.2) is 9.67 Å². The highest BCUT2D eigenvalue weighted by Gasteiger charge is 2.22. The number of ether oxygens (including phenoxy) is 1. The number of benzene rings is 2. The second kappa shape index (κ2) is 8.27. The molecule has 0 radical (unpaired) electrons. The monoisotopic (exact) mass is 445 g/mol. The first-order chi connectivity index (χ1) is 15.6. The van der Waals surface area contributed by atoms with E-state index in [0.717, 1.165) is 21.8 Å². The van der Waals surface area contributed by atoms with Crippen molar-refractivity contribution in [3.8, 4) is 16.2 Å². The van der Waals surface area contributed by atoms with Crippen LogP contribution in [0.25, 0.3) is 10.4 Å². The van der Waals surface area contributed by atoms with E-state index in [1.807, 2.05) is 30.3 Å². The van der Waals surface area contributed by atoms with E-state index in [1.54, 1.807) is 31.2 Å². The summed E-state index contributed by atoms with van der Waals surface area (Å²) < 4.78 is 7.26. The van der Waals surface area contributed by atoms with Gasteiger partial charge in [0.05, 0.1) is 4.88 Å². The van der Waals surface area contributed by atoms with E-state index in [0.29, 0.717) is 22.9 Å². The summed E-state index contributed by atoms with van der Waals surface area (Å²) in [7, 11) is 0. The molecule has 2 amide bonds. The van der Waals surface area contributed by atoms with Gasteiger partial charge in [0.2, 0.25) is 5.91 Å². The van der Waals surface area contributed by atoms with Gasteiger partial charge in [0.15, 0.2) is 0 Å². The zero-order valence-corrected chi connectivity index (χ0v) is 17.9. The van der Waals surface area contributed by atoms with E-state index < -0.39 is 6.04 Å². The predicted octanol–water partition coefficient (Wildman–Crippen LogP) is 4.35. The third-order valence-corrected chi connectivity index (χ3v) is 6.38. The number of nitrogens with one attached hydrogen (secondary N) is 2. The molecular weight excluding hydrogens is 426 g/mol. The summed E-state index contributed by atoms with van der Waals surface area (Å²) in [6, 6.07) is 16.2. The van der Waals surface area contributed by atoms with Crippen LogP contribution in [0.4, 0.5) is 11.4 Å². The number of carbonyl (C=O) groups excluding carboxylic acids is 2. The Morgan fingerprint density at radius 3 is 2.59 bits per heavy atom. The van der Waals surface area contributed by atoms with Gasteiger partial charge in [-0.2, -0.15) is 5.10 Å². The molecule has 0 saturated heterocycles. The molecule has 32 heavy (non-hydrogen) atoms. The first-order valence-corrected chi connectivity index (χ1v) is 10.8. The Balaban J connectivity index is 1.25. The smallest absolute Gasteiger partial charge is 0.265 e. The van der Waals surface area contributed by atoms with Gasteiger partial charge in [0.1, 0.15) is 31.1 Å². The molecule has 4 aromatic rings. The number of carbonyl (C=O) groups is 2. The molecule has 1 unspecified atom stereocenters. The number of aromatic nitrogens is 3. The Labute approximate surface area is 187 Å². The van der Waals surface area contributed by atoms with E-state index >= 15 is 0 Å². The Bertz CT molecular complexity index is 1280. The summed E-state index contributed by atoms with van der Waals surface area (Å²) >= 11 is 1.46. The average Bonchev–Trinajstić information content (AvgIpc) is 3.50. The fourth-order valence-electron chi connectivity index (χ4n) is 3.43. The van der Waals surface area contributed by atoms with Crippen molar-refractivity contribution in [1.29, 1.82) is 0 Å². The Morgan fingerprint density at radius 1 is 1.09 bits per heavy atom. The molecule has 2 aromatic heterocycles. The molecule has 3 heterocycles. The Kier molecular flexibility index (Phi) is 5.16. The van der Waals surface area contributed by atoms with Crippen molar-refractivity contribution in [2.24, 2.45) is 0 Å². The molecule has 1 aliphatic heterocycles. The topological polar surface area (TPSA) is 98.1 Å². The fraction of sp³-hybridized carbons (Fsp3) is 0.130. The molecule has 0 aliphatic carbocycles. The second-order valence-electron chi connectivity index (χ2n) is 7.32. The van der Waals surface area contributed by atoms with Crippen molar-refractivity contribution >= 4 is 34.5 Å². The van der Waals surface area contributed by atoms with Crippen molar-refractivity contribution in [2.45, 2.75) is 19.6 Å². The third-order valence-electron chi connectivity index (χ3n) is 5.17. The lowest BCUT2D eigenvalue weighted by Crippen LogP contribution is -2.24. The third kappa shape index (κ3) is 3.85. The minimum absolute atomic E-state index is 0.182. The summed E-state index contributed by atoms with van der Waals surface area (Å²) in [4.78, 5) is 30.7. The lowest BCUT2D eigenvalue weighted by Gasteiger charge is -2.16. The number of para-hydroxylation sites is 1. The first-order valence-electron chi connectivity index (χ1n) is 10.00. The van der Waals surface area contributed by atoms with Gasteiger partial charge in [-0.05, 0) is 49.4 Å². The standard InChI is InChI=1S/C23H19N5O3S/c1-14(28-13-24-12-25-28)22(29)26-16-6-8-17(9-7-16)27-23(30)20-10-15-11-31-19-5-3-2-4-18(19)21(15)32-20/h2-10,12-14H,11H2,1H3,(H,26,29)(H,27,30). The quantitative estimate of drug-likeness (QED) is 0.476. The van der Waals surface area contributed by atoms with Gasteiger partial charge < -0.3 is 15.4 Å². The van der Waals surface area contributed by atoms with Crippen molar-refractivity contribution in [2.75, 3.05) is 10.6 Å². The maximum atomic E-state index is 12.8. The van der Waals surface area contributed by atoms with Gasteiger partial charge in [0, 0.05) is 27.4 Å². The van der Waals surface area contributed by atoms with Crippen LogP contribution >= 0.6 is 11.3 Å². The van der Waals surface area contributed by atoms with Crippen molar-refractivity contribution in [3.05, 3.63) is 77.7 Å². The molecule has 0 spiro atoms. The number of rotatable bonds is 5. The van der Waals surface area contributed by atoms with Crippen LogP contribution < -0.4 is 15.4 Å². The van der Waals surface area contributed by atoms with E-state index in [-0.39, 0.29) is 11.8 Å². The van der Waals surface area contributed by atoms with Gasteiger partial charge in [0.25, 0.3) is 5.91 Å². The first kappa shape index (κ1) is 20.0. The van der Waals surface area contributed by atoms with E-state index in [2.05, 4.69) is 20.7 Å². The number of fused-ring (bicyclic) bond motifs is 3.